The van der Waals surface area contributed by atoms with Gasteiger partial charge in [-0.25, -0.2) is 0 Å². The van der Waals surface area contributed by atoms with Crippen LogP contribution in [0.3, 0.4) is 0 Å². The maximum absolute atomic E-state index is 12.3. The van der Waals surface area contributed by atoms with Gasteiger partial charge in [0.25, 0.3) is 0 Å². The van der Waals surface area contributed by atoms with E-state index < -0.39 is 6.10 Å². The largest absolute Gasteiger partial charge is 0.497 e. The van der Waals surface area contributed by atoms with Crippen molar-refractivity contribution in [3.05, 3.63) is 64.7 Å². The van der Waals surface area contributed by atoms with E-state index in [4.69, 9.17) is 4.74 Å². The summed E-state index contributed by atoms with van der Waals surface area (Å²) < 4.78 is 5.15. The van der Waals surface area contributed by atoms with Gasteiger partial charge in [-0.2, -0.15) is 0 Å². The fraction of sp³-hybridized carbons (Fsp3) is 0.381. The van der Waals surface area contributed by atoms with E-state index in [1.165, 1.54) is 5.56 Å². The summed E-state index contributed by atoms with van der Waals surface area (Å²) in [5.74, 6) is 0.733. The van der Waals surface area contributed by atoms with Crippen molar-refractivity contribution >= 4 is 5.78 Å². The standard InChI is InChI=1S/C21H27NO3/c1-14-8-9-18(12-15(14)2)21(24)16(3)22-11-10-20(23)17-6-5-7-19(13-17)25-4/h5-9,12-13,16,21-22,24H,10-11H2,1-4H3. The minimum Gasteiger partial charge on any atom is -0.497 e. The third-order valence-corrected chi connectivity index (χ3v) is 4.56. The van der Waals surface area contributed by atoms with Crippen LogP contribution in [0.15, 0.2) is 42.5 Å². The molecule has 0 fully saturated rings. The van der Waals surface area contributed by atoms with Crippen LogP contribution in [0.4, 0.5) is 0 Å². The van der Waals surface area contributed by atoms with Crippen LogP contribution in [0, 0.1) is 13.8 Å². The molecule has 2 aromatic carbocycles. The summed E-state index contributed by atoms with van der Waals surface area (Å²) in [7, 11) is 1.58. The van der Waals surface area contributed by atoms with E-state index in [0.717, 1.165) is 11.1 Å². The number of aliphatic hydroxyl groups excluding tert-OH is 1. The van der Waals surface area contributed by atoms with Crippen molar-refractivity contribution < 1.29 is 14.6 Å². The first-order valence-corrected chi connectivity index (χ1v) is 8.58. The number of nitrogens with one attached hydrogen (secondary N) is 1. The predicted molar refractivity (Wildman–Crippen MR) is 100 cm³/mol. The van der Waals surface area contributed by atoms with Crippen LogP contribution < -0.4 is 10.1 Å². The Morgan fingerprint density at radius 3 is 2.60 bits per heavy atom. The van der Waals surface area contributed by atoms with Gasteiger partial charge in [-0.15, -0.1) is 0 Å². The number of ether oxygens (including phenoxy) is 1. The highest BCUT2D eigenvalue weighted by Crippen LogP contribution is 2.20. The molecule has 0 saturated heterocycles. The van der Waals surface area contributed by atoms with Gasteiger partial charge in [-0.1, -0.05) is 30.3 Å². The van der Waals surface area contributed by atoms with Gasteiger partial charge in [0.2, 0.25) is 0 Å². The van der Waals surface area contributed by atoms with Crippen LogP contribution in [0.1, 0.15) is 46.5 Å². The molecule has 2 unspecified atom stereocenters. The maximum Gasteiger partial charge on any atom is 0.164 e. The number of hydrogen-bond donors (Lipinski definition) is 2. The number of ketones is 1. The topological polar surface area (TPSA) is 58.6 Å². The number of Topliss-reactive ketones (excluding diaryl/α,β-unsaturated/α-hetero) is 1. The minimum atomic E-state index is -0.605. The number of hydrogen-bond acceptors (Lipinski definition) is 4. The molecule has 4 nitrogen and oxygen atoms in total. The number of aryl methyl sites for hydroxylation is 2. The molecule has 25 heavy (non-hydrogen) atoms. The molecule has 0 amide bonds. The van der Waals surface area contributed by atoms with Gasteiger partial charge in [0.15, 0.2) is 5.78 Å². The molecule has 2 N–H and O–H groups in total. The van der Waals surface area contributed by atoms with Gasteiger partial charge in [-0.3, -0.25) is 4.79 Å². The molecular formula is C21H27NO3. The molecule has 0 spiro atoms. The average molecular weight is 341 g/mol. The molecule has 0 heterocycles. The molecule has 2 atom stereocenters. The van der Waals surface area contributed by atoms with Crippen molar-refractivity contribution in [1.29, 1.82) is 0 Å². The van der Waals surface area contributed by atoms with Crippen LogP contribution >= 0.6 is 0 Å². The van der Waals surface area contributed by atoms with Crippen LogP contribution in [0.2, 0.25) is 0 Å². The summed E-state index contributed by atoms with van der Waals surface area (Å²) in [4.78, 5) is 12.3. The number of benzene rings is 2. The van der Waals surface area contributed by atoms with Gasteiger partial charge in [0.05, 0.1) is 13.2 Å². The summed E-state index contributed by atoms with van der Waals surface area (Å²) >= 11 is 0. The average Bonchev–Trinajstić information content (AvgIpc) is 2.63. The lowest BCUT2D eigenvalue weighted by atomic mass is 9.99. The number of methoxy groups -OCH3 is 1. The van der Waals surface area contributed by atoms with E-state index in [1.807, 2.05) is 44.2 Å². The first kappa shape index (κ1) is 19.2. The van der Waals surface area contributed by atoms with Gasteiger partial charge in [0.1, 0.15) is 5.75 Å². The molecule has 0 saturated carbocycles. The van der Waals surface area contributed by atoms with Crippen LogP contribution in [0.5, 0.6) is 5.75 Å². The summed E-state index contributed by atoms with van der Waals surface area (Å²) in [6, 6.07) is 13.0. The minimum absolute atomic E-state index is 0.0549. The Morgan fingerprint density at radius 2 is 1.92 bits per heavy atom. The lowest BCUT2D eigenvalue weighted by Crippen LogP contribution is -2.33. The van der Waals surface area contributed by atoms with Crippen molar-refractivity contribution in [2.75, 3.05) is 13.7 Å². The van der Waals surface area contributed by atoms with E-state index in [2.05, 4.69) is 12.2 Å². The molecule has 134 valence electrons. The third-order valence-electron chi connectivity index (χ3n) is 4.56. The molecule has 2 aromatic rings. The molecule has 0 aliphatic carbocycles. The number of aliphatic hydroxyl groups is 1. The number of carbonyl (C=O) groups excluding carboxylic acids is 1. The lowest BCUT2D eigenvalue weighted by molar-refractivity contribution is 0.0972. The monoisotopic (exact) mass is 341 g/mol. The Balaban J connectivity index is 1.87. The second-order valence-corrected chi connectivity index (χ2v) is 6.44. The Kier molecular flexibility index (Phi) is 6.73. The normalized spacial score (nSPS) is 13.3. The quantitative estimate of drug-likeness (QED) is 0.720. The lowest BCUT2D eigenvalue weighted by Gasteiger charge is -2.21. The summed E-state index contributed by atoms with van der Waals surface area (Å²) in [5, 5.41) is 13.7. The molecule has 2 rings (SSSR count). The second-order valence-electron chi connectivity index (χ2n) is 6.44. The van der Waals surface area contributed by atoms with E-state index >= 15 is 0 Å². The van der Waals surface area contributed by atoms with Crippen LogP contribution in [-0.4, -0.2) is 30.6 Å². The molecule has 0 aliphatic heterocycles. The van der Waals surface area contributed by atoms with Gasteiger partial charge in [-0.05, 0) is 49.6 Å². The van der Waals surface area contributed by atoms with Gasteiger partial charge < -0.3 is 15.2 Å². The Labute approximate surface area is 149 Å². The zero-order valence-corrected chi connectivity index (χ0v) is 15.4. The highest BCUT2D eigenvalue weighted by atomic mass is 16.5. The fourth-order valence-electron chi connectivity index (χ4n) is 2.70. The first-order chi connectivity index (χ1) is 11.9. The molecule has 0 aliphatic rings. The van der Waals surface area contributed by atoms with Crippen molar-refractivity contribution in [2.45, 2.75) is 39.3 Å². The number of carbonyl (C=O) groups is 1. The zero-order valence-electron chi connectivity index (χ0n) is 15.4. The summed E-state index contributed by atoms with van der Waals surface area (Å²) in [5.41, 5.74) is 3.91. The summed E-state index contributed by atoms with van der Waals surface area (Å²) in [6.07, 6.45) is -0.233. The SMILES string of the molecule is COc1cccc(C(=O)CCNC(C)C(O)c2ccc(C)c(C)c2)c1. The third kappa shape index (κ3) is 5.15. The molecule has 0 bridgehead atoms. The fourth-order valence-corrected chi connectivity index (χ4v) is 2.70. The molecule has 0 aromatic heterocycles. The smallest absolute Gasteiger partial charge is 0.164 e. The second kappa shape index (κ2) is 8.79. The summed E-state index contributed by atoms with van der Waals surface area (Å²) in [6.45, 7) is 6.53. The van der Waals surface area contributed by atoms with Crippen molar-refractivity contribution in [3.63, 3.8) is 0 Å². The highest BCUT2D eigenvalue weighted by Gasteiger charge is 2.17. The molecular weight excluding hydrogens is 314 g/mol. The molecule has 4 heteroatoms. The van der Waals surface area contributed by atoms with E-state index in [1.54, 1.807) is 19.2 Å². The van der Waals surface area contributed by atoms with Crippen molar-refractivity contribution in [3.8, 4) is 5.75 Å². The predicted octanol–water partition coefficient (Wildman–Crippen LogP) is 3.60. The van der Waals surface area contributed by atoms with E-state index in [-0.39, 0.29) is 11.8 Å². The first-order valence-electron chi connectivity index (χ1n) is 8.58. The maximum atomic E-state index is 12.3. The highest BCUT2D eigenvalue weighted by molar-refractivity contribution is 5.96. The molecule has 0 radical (unpaired) electrons. The van der Waals surface area contributed by atoms with Gasteiger partial charge >= 0.3 is 0 Å². The van der Waals surface area contributed by atoms with Crippen molar-refractivity contribution in [2.24, 2.45) is 0 Å². The Hall–Kier alpha value is -2.17. The van der Waals surface area contributed by atoms with E-state index in [9.17, 15) is 9.90 Å². The van der Waals surface area contributed by atoms with Crippen LogP contribution in [-0.2, 0) is 0 Å². The van der Waals surface area contributed by atoms with Crippen LogP contribution in [0.25, 0.3) is 0 Å². The van der Waals surface area contributed by atoms with Gasteiger partial charge in [0, 0.05) is 24.6 Å². The number of rotatable bonds is 8. The Bertz CT molecular complexity index is 727. The Morgan fingerprint density at radius 1 is 1.16 bits per heavy atom. The zero-order chi connectivity index (χ0) is 18.4. The van der Waals surface area contributed by atoms with Crippen molar-refractivity contribution in [1.82, 2.24) is 5.32 Å². The van der Waals surface area contributed by atoms with E-state index in [0.29, 0.717) is 24.3 Å².